The molecule has 0 unspecified atom stereocenters. The summed E-state index contributed by atoms with van der Waals surface area (Å²) in [6.45, 7) is 4.15. The molecule has 1 amide bonds. The van der Waals surface area contributed by atoms with Crippen LogP contribution in [0.2, 0.25) is 0 Å². The Labute approximate surface area is 108 Å². The summed E-state index contributed by atoms with van der Waals surface area (Å²) in [6, 6.07) is 0.545. The van der Waals surface area contributed by atoms with E-state index in [9.17, 15) is 4.79 Å². The van der Waals surface area contributed by atoms with Gasteiger partial charge in [0, 0.05) is 18.3 Å². The van der Waals surface area contributed by atoms with Gasteiger partial charge in [0.2, 0.25) is 0 Å². The molecule has 1 aromatic heterocycles. The molecule has 0 aliphatic heterocycles. The van der Waals surface area contributed by atoms with E-state index in [-0.39, 0.29) is 5.91 Å². The largest absolute Gasteiger partial charge is 0.341 e. The van der Waals surface area contributed by atoms with Crippen molar-refractivity contribution >= 4 is 5.91 Å². The van der Waals surface area contributed by atoms with Crippen LogP contribution in [0.3, 0.4) is 0 Å². The van der Waals surface area contributed by atoms with E-state index in [0.29, 0.717) is 12.6 Å². The lowest BCUT2D eigenvalue weighted by Gasteiger charge is -2.08. The van der Waals surface area contributed by atoms with E-state index in [4.69, 9.17) is 0 Å². The second kappa shape index (κ2) is 5.72. The molecule has 96 valence electrons. The van der Waals surface area contributed by atoms with E-state index in [1.807, 2.05) is 6.92 Å². The fourth-order valence-electron chi connectivity index (χ4n) is 2.38. The number of aromatic nitrogens is 2. The predicted octanol–water partition coefficient (Wildman–Crippen LogP) is 1.95. The van der Waals surface area contributed by atoms with Crippen molar-refractivity contribution in [3.63, 3.8) is 0 Å². The number of nitrogens with one attached hydrogen (secondary N) is 1. The Kier molecular flexibility index (Phi) is 4.03. The molecule has 0 aromatic carbocycles. The van der Waals surface area contributed by atoms with E-state index in [1.165, 1.54) is 25.7 Å². The molecule has 4 nitrogen and oxygen atoms in total. The van der Waals surface area contributed by atoms with Crippen LogP contribution in [0, 0.1) is 18.8 Å². The van der Waals surface area contributed by atoms with E-state index in [0.717, 1.165) is 11.3 Å². The van der Waals surface area contributed by atoms with Gasteiger partial charge in [-0.05, 0) is 32.6 Å². The summed E-state index contributed by atoms with van der Waals surface area (Å²) >= 11 is 0. The molecule has 1 N–H and O–H groups in total. The molecule has 1 fully saturated rings. The van der Waals surface area contributed by atoms with Crippen LogP contribution in [0.25, 0.3) is 0 Å². The summed E-state index contributed by atoms with van der Waals surface area (Å²) in [4.78, 5) is 11.3. The minimum Gasteiger partial charge on any atom is -0.341 e. The smallest absolute Gasteiger partial charge is 0.296 e. The molecule has 1 saturated carbocycles. The highest BCUT2D eigenvalue weighted by Crippen LogP contribution is 2.29. The molecule has 1 aliphatic rings. The number of aryl methyl sites for hydroxylation is 1. The summed E-state index contributed by atoms with van der Waals surface area (Å²) in [7, 11) is 0. The summed E-state index contributed by atoms with van der Waals surface area (Å²) in [5, 5.41) is 7.32. The maximum atomic E-state index is 11.3. The van der Waals surface area contributed by atoms with Crippen LogP contribution in [0.15, 0.2) is 6.20 Å². The van der Waals surface area contributed by atoms with Gasteiger partial charge in [0.1, 0.15) is 0 Å². The van der Waals surface area contributed by atoms with Gasteiger partial charge in [-0.15, -0.1) is 0 Å². The molecule has 1 aromatic rings. The number of amides is 1. The van der Waals surface area contributed by atoms with Crippen molar-refractivity contribution < 1.29 is 4.79 Å². The zero-order valence-electron chi connectivity index (χ0n) is 11.0. The van der Waals surface area contributed by atoms with Crippen LogP contribution in [0.4, 0.5) is 0 Å². The number of hydrogen-bond acceptors (Lipinski definition) is 2. The lowest BCUT2D eigenvalue weighted by atomic mass is 10.2. The Bertz CT molecular complexity index is 487. The molecule has 0 radical (unpaired) electrons. The Morgan fingerprint density at radius 3 is 2.94 bits per heavy atom. The van der Waals surface area contributed by atoms with Crippen molar-refractivity contribution in [3.8, 4) is 11.8 Å². The predicted molar refractivity (Wildman–Crippen MR) is 69.8 cm³/mol. The van der Waals surface area contributed by atoms with Gasteiger partial charge < -0.3 is 5.32 Å². The van der Waals surface area contributed by atoms with Crippen LogP contribution < -0.4 is 5.32 Å². The van der Waals surface area contributed by atoms with Crippen molar-refractivity contribution in [2.24, 2.45) is 0 Å². The topological polar surface area (TPSA) is 46.9 Å². The normalized spacial score (nSPS) is 15.2. The lowest BCUT2D eigenvalue weighted by molar-refractivity contribution is -0.115. The Hall–Kier alpha value is -1.76. The Morgan fingerprint density at radius 2 is 2.28 bits per heavy atom. The van der Waals surface area contributed by atoms with E-state index in [2.05, 4.69) is 33.1 Å². The van der Waals surface area contributed by atoms with Crippen molar-refractivity contribution in [1.29, 1.82) is 0 Å². The quantitative estimate of drug-likeness (QED) is 0.827. The third-order valence-corrected chi connectivity index (χ3v) is 3.40. The second-order valence-electron chi connectivity index (χ2n) is 4.72. The molecule has 0 saturated heterocycles. The molecule has 0 spiro atoms. The number of rotatable bonds is 3. The first-order valence-corrected chi connectivity index (χ1v) is 6.46. The number of hydrogen-bond donors (Lipinski definition) is 1. The van der Waals surface area contributed by atoms with Gasteiger partial charge in [-0.3, -0.25) is 9.48 Å². The first-order valence-electron chi connectivity index (χ1n) is 6.46. The van der Waals surface area contributed by atoms with Gasteiger partial charge in [0.25, 0.3) is 5.91 Å². The summed E-state index contributed by atoms with van der Waals surface area (Å²) in [6.07, 6.45) is 7.08. The third kappa shape index (κ3) is 2.92. The van der Waals surface area contributed by atoms with E-state index in [1.54, 1.807) is 6.92 Å². The Morgan fingerprint density at radius 1 is 1.56 bits per heavy atom. The maximum absolute atomic E-state index is 11.3. The zero-order chi connectivity index (χ0) is 13.0. The minimum atomic E-state index is -0.231. The average molecular weight is 245 g/mol. The van der Waals surface area contributed by atoms with Gasteiger partial charge >= 0.3 is 0 Å². The molecule has 0 bridgehead atoms. The zero-order valence-corrected chi connectivity index (χ0v) is 11.0. The first kappa shape index (κ1) is 12.7. The average Bonchev–Trinajstić information content (AvgIpc) is 2.96. The van der Waals surface area contributed by atoms with E-state index < -0.39 is 0 Å². The summed E-state index contributed by atoms with van der Waals surface area (Å²) < 4.78 is 2.06. The molecule has 4 heteroatoms. The molecule has 0 atom stereocenters. The fraction of sp³-hybridized carbons (Fsp3) is 0.571. The molecule has 18 heavy (non-hydrogen) atoms. The number of carbonyl (C=O) groups excluding carboxylic acids is 1. The number of nitrogens with zero attached hydrogens (tertiary/aromatic N) is 2. The van der Waals surface area contributed by atoms with Gasteiger partial charge in [-0.1, -0.05) is 18.8 Å². The van der Waals surface area contributed by atoms with E-state index >= 15 is 0 Å². The van der Waals surface area contributed by atoms with Crippen LogP contribution in [-0.2, 0) is 11.3 Å². The summed E-state index contributed by atoms with van der Waals surface area (Å²) in [5.41, 5.74) is 2.07. The SMILES string of the molecule is CC#CC(=O)NCc1cn(C2CCCC2)nc1C. The van der Waals surface area contributed by atoms with Crippen LogP contribution >= 0.6 is 0 Å². The highest BCUT2D eigenvalue weighted by Gasteiger charge is 2.18. The molecular weight excluding hydrogens is 226 g/mol. The van der Waals surface area contributed by atoms with Crippen molar-refractivity contribution in [2.75, 3.05) is 0 Å². The van der Waals surface area contributed by atoms with Gasteiger partial charge in [0.05, 0.1) is 11.7 Å². The maximum Gasteiger partial charge on any atom is 0.296 e. The van der Waals surface area contributed by atoms with Crippen molar-refractivity contribution in [1.82, 2.24) is 15.1 Å². The van der Waals surface area contributed by atoms with Gasteiger partial charge in [-0.25, -0.2) is 0 Å². The first-order chi connectivity index (χ1) is 8.70. The highest BCUT2D eigenvalue weighted by molar-refractivity contribution is 5.93. The standard InChI is InChI=1S/C14H19N3O/c1-3-6-14(18)15-9-12-10-17(16-11(12)2)13-7-4-5-8-13/h10,13H,4-5,7-9H2,1-2H3,(H,15,18). The van der Waals surface area contributed by atoms with Gasteiger partial charge in [-0.2, -0.15) is 5.10 Å². The molecule has 1 aliphatic carbocycles. The third-order valence-electron chi connectivity index (χ3n) is 3.40. The monoisotopic (exact) mass is 245 g/mol. The minimum absolute atomic E-state index is 0.231. The summed E-state index contributed by atoms with van der Waals surface area (Å²) in [5.74, 6) is 4.82. The van der Waals surface area contributed by atoms with Gasteiger partial charge in [0.15, 0.2) is 0 Å². The van der Waals surface area contributed by atoms with Crippen molar-refractivity contribution in [2.45, 2.75) is 52.1 Å². The van der Waals surface area contributed by atoms with Crippen LogP contribution in [-0.4, -0.2) is 15.7 Å². The fourth-order valence-corrected chi connectivity index (χ4v) is 2.38. The van der Waals surface area contributed by atoms with Crippen LogP contribution in [0.5, 0.6) is 0 Å². The second-order valence-corrected chi connectivity index (χ2v) is 4.72. The van der Waals surface area contributed by atoms with Crippen LogP contribution in [0.1, 0.15) is 49.9 Å². The molecular formula is C14H19N3O. The number of carbonyl (C=O) groups is 1. The Balaban J connectivity index is 1.99. The highest BCUT2D eigenvalue weighted by atomic mass is 16.1. The molecule has 1 heterocycles. The molecule has 2 rings (SSSR count). The lowest BCUT2D eigenvalue weighted by Crippen LogP contribution is -2.20. The van der Waals surface area contributed by atoms with Crippen molar-refractivity contribution in [3.05, 3.63) is 17.5 Å².